The average Bonchev–Trinajstić information content (AvgIpc) is 3.33. The maximum atomic E-state index is 14.2. The minimum Gasteiger partial charge on any atom is -0.415 e. The van der Waals surface area contributed by atoms with E-state index in [-0.39, 0.29) is 11.5 Å². The topological polar surface area (TPSA) is 56.7 Å². The van der Waals surface area contributed by atoms with Gasteiger partial charge in [0.05, 0.1) is 6.54 Å². The van der Waals surface area contributed by atoms with E-state index in [2.05, 4.69) is 15.2 Å². The normalized spacial score (nSPS) is 11.3. The number of rotatable bonds is 5. The first-order valence-electron chi connectivity index (χ1n) is 8.18. The van der Waals surface area contributed by atoms with Crippen molar-refractivity contribution in [3.05, 3.63) is 77.2 Å². The highest BCUT2D eigenvalue weighted by Crippen LogP contribution is 2.29. The summed E-state index contributed by atoms with van der Waals surface area (Å²) in [6.07, 6.45) is 0.423. The van der Waals surface area contributed by atoms with Crippen molar-refractivity contribution >= 4 is 11.6 Å². The highest BCUT2D eigenvalue weighted by Gasteiger charge is 2.19. The van der Waals surface area contributed by atoms with Crippen LogP contribution in [0.15, 0.2) is 59.3 Å². The Morgan fingerprint density at radius 2 is 1.86 bits per heavy atom. The van der Waals surface area contributed by atoms with Gasteiger partial charge in [-0.3, -0.25) is 0 Å². The molecule has 0 saturated carbocycles. The van der Waals surface area contributed by atoms with Gasteiger partial charge >= 0.3 is 6.43 Å². The van der Waals surface area contributed by atoms with Gasteiger partial charge in [0.2, 0.25) is 5.89 Å². The zero-order valence-corrected chi connectivity index (χ0v) is 14.9. The Labute approximate surface area is 162 Å². The van der Waals surface area contributed by atoms with Crippen molar-refractivity contribution in [3.63, 3.8) is 0 Å². The molecule has 0 unspecified atom stereocenters. The number of hydrogen-bond acceptors (Lipinski definition) is 4. The molecule has 0 bridgehead atoms. The summed E-state index contributed by atoms with van der Waals surface area (Å²) in [4.78, 5) is 4.29. The number of halogens is 4. The Bertz CT molecular complexity index is 1130. The van der Waals surface area contributed by atoms with Gasteiger partial charge in [-0.25, -0.2) is 9.37 Å². The molecule has 142 valence electrons. The number of imidazole rings is 1. The van der Waals surface area contributed by atoms with Crippen LogP contribution in [-0.2, 0) is 6.54 Å². The molecule has 0 N–H and O–H groups in total. The summed E-state index contributed by atoms with van der Waals surface area (Å²) in [5, 5.41) is 7.44. The van der Waals surface area contributed by atoms with Gasteiger partial charge < -0.3 is 8.98 Å². The Hall–Kier alpha value is -3.13. The summed E-state index contributed by atoms with van der Waals surface area (Å²) in [5.74, 6) is -1.12. The fraction of sp³-hybridized carbons (Fsp3) is 0.105. The predicted molar refractivity (Wildman–Crippen MR) is 96.4 cm³/mol. The van der Waals surface area contributed by atoms with E-state index in [0.717, 1.165) is 11.6 Å². The van der Waals surface area contributed by atoms with Crippen LogP contribution >= 0.6 is 11.6 Å². The molecule has 0 aliphatic carbocycles. The number of hydrogen-bond donors (Lipinski definition) is 0. The van der Waals surface area contributed by atoms with Crippen molar-refractivity contribution in [1.29, 1.82) is 0 Å². The second-order valence-corrected chi connectivity index (χ2v) is 6.35. The lowest BCUT2D eigenvalue weighted by molar-refractivity contribution is 0.116. The summed E-state index contributed by atoms with van der Waals surface area (Å²) in [5.41, 5.74) is 1.49. The molecule has 0 aliphatic rings. The van der Waals surface area contributed by atoms with Crippen molar-refractivity contribution in [3.8, 4) is 22.8 Å². The molecule has 9 heteroatoms. The van der Waals surface area contributed by atoms with Crippen LogP contribution in [-0.4, -0.2) is 19.7 Å². The smallest absolute Gasteiger partial charge is 0.314 e. The molecule has 2 aromatic heterocycles. The molecule has 0 aliphatic heterocycles. The summed E-state index contributed by atoms with van der Waals surface area (Å²) in [7, 11) is 0. The van der Waals surface area contributed by atoms with Crippen LogP contribution in [0.4, 0.5) is 13.2 Å². The number of benzene rings is 2. The molecule has 0 amide bonds. The van der Waals surface area contributed by atoms with Gasteiger partial charge in [0.25, 0.3) is 5.89 Å². The minimum absolute atomic E-state index is 0.182. The fourth-order valence-electron chi connectivity index (χ4n) is 2.79. The molecular formula is C19H12ClF3N4O. The van der Waals surface area contributed by atoms with Crippen molar-refractivity contribution in [2.45, 2.75) is 13.0 Å². The number of aromatic nitrogens is 4. The number of nitrogens with zero attached hydrogens (tertiary/aromatic N) is 4. The third-order valence-corrected chi connectivity index (χ3v) is 4.41. The molecule has 0 fully saturated rings. The van der Waals surface area contributed by atoms with Crippen LogP contribution < -0.4 is 0 Å². The zero-order chi connectivity index (χ0) is 19.7. The highest BCUT2D eigenvalue weighted by atomic mass is 35.5. The van der Waals surface area contributed by atoms with E-state index in [1.54, 1.807) is 29.1 Å². The summed E-state index contributed by atoms with van der Waals surface area (Å²) in [6, 6.07) is 11.3. The van der Waals surface area contributed by atoms with Crippen LogP contribution in [0, 0.1) is 5.82 Å². The van der Waals surface area contributed by atoms with E-state index in [9.17, 15) is 13.2 Å². The molecule has 0 radical (unpaired) electrons. The molecule has 0 spiro atoms. The maximum absolute atomic E-state index is 14.2. The standard InChI is InChI=1S/C19H12ClF3N4O/c20-15-4-2-1-3-11(15)10-27-6-5-24-17(27)12-7-13(9-14(21)8-12)18-25-26-19(28-18)16(22)23/h1-9,16H,10H2. The monoisotopic (exact) mass is 404 g/mol. The van der Waals surface area contributed by atoms with Crippen molar-refractivity contribution in [2.24, 2.45) is 0 Å². The summed E-state index contributed by atoms with van der Waals surface area (Å²) >= 11 is 6.22. The highest BCUT2D eigenvalue weighted by molar-refractivity contribution is 6.31. The van der Waals surface area contributed by atoms with Crippen LogP contribution in [0.2, 0.25) is 5.02 Å². The van der Waals surface area contributed by atoms with E-state index in [4.69, 9.17) is 16.0 Å². The average molecular weight is 405 g/mol. The van der Waals surface area contributed by atoms with Crippen molar-refractivity contribution < 1.29 is 17.6 Å². The Balaban J connectivity index is 1.72. The first-order valence-corrected chi connectivity index (χ1v) is 8.56. The van der Waals surface area contributed by atoms with Crippen LogP contribution in [0.1, 0.15) is 17.9 Å². The Morgan fingerprint density at radius 3 is 2.61 bits per heavy atom. The third kappa shape index (κ3) is 3.63. The van der Waals surface area contributed by atoms with Crippen LogP contribution in [0.5, 0.6) is 0 Å². The van der Waals surface area contributed by atoms with Gasteiger partial charge in [-0.05, 0) is 29.8 Å². The van der Waals surface area contributed by atoms with E-state index in [1.165, 1.54) is 6.07 Å². The lowest BCUT2D eigenvalue weighted by Gasteiger charge is -2.10. The largest absolute Gasteiger partial charge is 0.415 e. The maximum Gasteiger partial charge on any atom is 0.314 e. The van der Waals surface area contributed by atoms with E-state index in [1.807, 2.05) is 18.2 Å². The van der Waals surface area contributed by atoms with Gasteiger partial charge in [0.15, 0.2) is 0 Å². The molecule has 4 rings (SSSR count). The SMILES string of the molecule is Fc1cc(-c2nnc(C(F)F)o2)cc(-c2nccn2Cc2ccccc2Cl)c1. The first kappa shape index (κ1) is 18.2. The quantitative estimate of drug-likeness (QED) is 0.448. The molecule has 5 nitrogen and oxygen atoms in total. The molecule has 2 aromatic carbocycles. The van der Waals surface area contributed by atoms with Crippen LogP contribution in [0.25, 0.3) is 22.8 Å². The lowest BCUT2D eigenvalue weighted by Crippen LogP contribution is -2.02. The van der Waals surface area contributed by atoms with E-state index in [0.29, 0.717) is 23.0 Å². The number of alkyl halides is 2. The molecule has 4 aromatic rings. The molecule has 28 heavy (non-hydrogen) atoms. The van der Waals surface area contributed by atoms with Crippen molar-refractivity contribution in [1.82, 2.24) is 19.7 Å². The van der Waals surface area contributed by atoms with E-state index >= 15 is 0 Å². The van der Waals surface area contributed by atoms with Gasteiger partial charge in [0, 0.05) is 28.5 Å². The molecule has 0 atom stereocenters. The summed E-state index contributed by atoms with van der Waals surface area (Å²) < 4.78 is 46.3. The van der Waals surface area contributed by atoms with Gasteiger partial charge in [-0.2, -0.15) is 8.78 Å². The Morgan fingerprint density at radius 1 is 1.07 bits per heavy atom. The van der Waals surface area contributed by atoms with Gasteiger partial charge in [-0.15, -0.1) is 10.2 Å². The molecular weight excluding hydrogens is 393 g/mol. The second-order valence-electron chi connectivity index (χ2n) is 5.94. The van der Waals surface area contributed by atoms with Gasteiger partial charge in [0.1, 0.15) is 11.6 Å². The minimum atomic E-state index is -2.90. The molecule has 2 heterocycles. The lowest BCUT2D eigenvalue weighted by atomic mass is 10.1. The third-order valence-electron chi connectivity index (χ3n) is 4.04. The van der Waals surface area contributed by atoms with Gasteiger partial charge in [-0.1, -0.05) is 29.8 Å². The summed E-state index contributed by atoms with van der Waals surface area (Å²) in [6.45, 7) is 0.428. The molecule has 0 saturated heterocycles. The second kappa shape index (κ2) is 7.47. The zero-order valence-electron chi connectivity index (χ0n) is 14.2. The fourth-order valence-corrected chi connectivity index (χ4v) is 2.98. The first-order chi connectivity index (χ1) is 13.5. The Kier molecular flexibility index (Phi) is 4.87. The van der Waals surface area contributed by atoms with Crippen molar-refractivity contribution in [2.75, 3.05) is 0 Å². The van der Waals surface area contributed by atoms with Crippen LogP contribution in [0.3, 0.4) is 0 Å². The van der Waals surface area contributed by atoms with E-state index < -0.39 is 18.1 Å². The predicted octanol–water partition coefficient (Wildman–Crippen LogP) is 5.38.